The van der Waals surface area contributed by atoms with Gasteiger partial charge < -0.3 is 24.7 Å². The van der Waals surface area contributed by atoms with Crippen LogP contribution in [-0.4, -0.2) is 42.6 Å². The van der Waals surface area contributed by atoms with Gasteiger partial charge in [0.1, 0.15) is 11.6 Å². The first-order chi connectivity index (χ1) is 15.9. The van der Waals surface area contributed by atoms with Crippen molar-refractivity contribution in [1.29, 1.82) is 0 Å². The highest BCUT2D eigenvalue weighted by molar-refractivity contribution is 5.81. The van der Waals surface area contributed by atoms with Crippen molar-refractivity contribution in [3.05, 3.63) is 23.8 Å². The van der Waals surface area contributed by atoms with Gasteiger partial charge in [0.2, 0.25) is 0 Å². The third kappa shape index (κ3) is 9.51. The molecule has 1 aromatic carbocycles. The molecule has 9 heteroatoms. The lowest BCUT2D eigenvalue weighted by Gasteiger charge is -2.29. The maximum absolute atomic E-state index is 12.6. The molecule has 2 atom stereocenters. The van der Waals surface area contributed by atoms with Gasteiger partial charge in [-0.3, -0.25) is 19.2 Å². The summed E-state index contributed by atoms with van der Waals surface area (Å²) in [5.41, 5.74) is 5.47. The van der Waals surface area contributed by atoms with Crippen LogP contribution >= 0.6 is 0 Å². The fourth-order valence-corrected chi connectivity index (χ4v) is 3.26. The van der Waals surface area contributed by atoms with Crippen molar-refractivity contribution in [2.75, 3.05) is 7.11 Å². The fourth-order valence-electron chi connectivity index (χ4n) is 3.26. The lowest BCUT2D eigenvalue weighted by molar-refractivity contribution is -0.155. The zero-order valence-corrected chi connectivity index (χ0v) is 21.0. The normalized spacial score (nSPS) is 13.5. The molecule has 0 fully saturated rings. The van der Waals surface area contributed by atoms with Crippen LogP contribution in [0, 0.1) is 5.92 Å². The maximum Gasteiger partial charge on any atom is 0.326 e. The van der Waals surface area contributed by atoms with Crippen LogP contribution in [0.5, 0.6) is 11.5 Å². The van der Waals surface area contributed by atoms with E-state index in [9.17, 15) is 19.2 Å². The van der Waals surface area contributed by atoms with Crippen LogP contribution in [0.2, 0.25) is 0 Å². The second-order valence-electron chi connectivity index (χ2n) is 8.70. The molecule has 0 saturated carbocycles. The summed E-state index contributed by atoms with van der Waals surface area (Å²) in [7, 11) is 1.23. The molecule has 0 radical (unpaired) electrons. The van der Waals surface area contributed by atoms with E-state index in [4.69, 9.17) is 24.7 Å². The Hall–Kier alpha value is -2.94. The Morgan fingerprint density at radius 1 is 0.941 bits per heavy atom. The largest absolute Gasteiger partial charge is 0.468 e. The number of carbonyl (C=O) groups is 4. The Morgan fingerprint density at radius 3 is 2.06 bits per heavy atom. The van der Waals surface area contributed by atoms with Crippen molar-refractivity contribution in [2.45, 2.75) is 84.8 Å². The molecule has 0 saturated heterocycles. The molecule has 1 rings (SSSR count). The summed E-state index contributed by atoms with van der Waals surface area (Å²) in [5.74, 6) is -1.54. The average Bonchev–Trinajstić information content (AvgIpc) is 2.78. The van der Waals surface area contributed by atoms with Crippen LogP contribution in [-0.2, 0) is 35.1 Å². The van der Waals surface area contributed by atoms with Gasteiger partial charge >= 0.3 is 23.9 Å². The van der Waals surface area contributed by atoms with Crippen molar-refractivity contribution in [2.24, 2.45) is 11.7 Å². The molecule has 9 nitrogen and oxygen atoms in total. The molecule has 2 N–H and O–H groups in total. The lowest BCUT2D eigenvalue weighted by Crippen LogP contribution is -2.53. The second-order valence-corrected chi connectivity index (χ2v) is 8.70. The van der Waals surface area contributed by atoms with E-state index in [0.29, 0.717) is 17.9 Å². The Labute approximate surface area is 201 Å². The van der Waals surface area contributed by atoms with Gasteiger partial charge in [-0.2, -0.15) is 0 Å². The first kappa shape index (κ1) is 29.1. The van der Waals surface area contributed by atoms with E-state index in [1.54, 1.807) is 26.8 Å². The van der Waals surface area contributed by atoms with Crippen LogP contribution in [0.1, 0.15) is 72.3 Å². The van der Waals surface area contributed by atoms with Crippen molar-refractivity contribution < 1.29 is 38.1 Å². The van der Waals surface area contributed by atoms with E-state index in [0.717, 1.165) is 0 Å². The monoisotopic (exact) mass is 479 g/mol. The van der Waals surface area contributed by atoms with Crippen LogP contribution in [0.4, 0.5) is 0 Å². The van der Waals surface area contributed by atoms with Crippen LogP contribution in [0.15, 0.2) is 18.2 Å². The summed E-state index contributed by atoms with van der Waals surface area (Å²) in [4.78, 5) is 48.3. The zero-order chi connectivity index (χ0) is 25.9. The van der Waals surface area contributed by atoms with Gasteiger partial charge in [0, 0.05) is 32.1 Å². The molecule has 0 aromatic heterocycles. The molecular formula is C25H37NO8. The summed E-state index contributed by atoms with van der Waals surface area (Å²) in [6, 6.07) is 4.59. The Bertz CT molecular complexity index is 866. The minimum Gasteiger partial charge on any atom is -0.468 e. The molecule has 0 aliphatic rings. The van der Waals surface area contributed by atoms with Gasteiger partial charge in [-0.15, -0.1) is 0 Å². The minimum atomic E-state index is -1.51. The van der Waals surface area contributed by atoms with Crippen molar-refractivity contribution in [1.82, 2.24) is 0 Å². The lowest BCUT2D eigenvalue weighted by atomic mass is 9.86. The fraction of sp³-hybridized carbons (Fsp3) is 0.600. The van der Waals surface area contributed by atoms with Crippen LogP contribution in [0.3, 0.4) is 0 Å². The van der Waals surface area contributed by atoms with Gasteiger partial charge in [0.25, 0.3) is 0 Å². The summed E-state index contributed by atoms with van der Waals surface area (Å²) >= 11 is 0. The number of ether oxygens (including phenoxy) is 4. The molecule has 34 heavy (non-hydrogen) atoms. The van der Waals surface area contributed by atoms with Gasteiger partial charge in [-0.1, -0.05) is 33.8 Å². The Morgan fingerprint density at radius 2 is 1.53 bits per heavy atom. The molecule has 0 aliphatic carbocycles. The molecule has 1 unspecified atom stereocenters. The number of carbonyl (C=O) groups excluding carboxylic acids is 4. The van der Waals surface area contributed by atoms with E-state index in [1.807, 2.05) is 13.8 Å². The Balaban J connectivity index is 3.12. The average molecular weight is 480 g/mol. The third-order valence-corrected chi connectivity index (χ3v) is 5.05. The van der Waals surface area contributed by atoms with Gasteiger partial charge in [0.05, 0.1) is 7.11 Å². The quantitative estimate of drug-likeness (QED) is 0.333. The SMILES string of the molecule is CCC(=O)Oc1ccc(C[C@](N)(CC(C)OC(=O)CCC(C)C)C(=O)OC)cc1OC(=O)CC. The van der Waals surface area contributed by atoms with Crippen molar-refractivity contribution >= 4 is 23.9 Å². The highest BCUT2D eigenvalue weighted by Crippen LogP contribution is 2.31. The molecule has 0 heterocycles. The number of esters is 4. The third-order valence-electron chi connectivity index (χ3n) is 5.05. The number of nitrogens with two attached hydrogens (primary N) is 1. The first-order valence-corrected chi connectivity index (χ1v) is 11.5. The van der Waals surface area contributed by atoms with Crippen LogP contribution in [0.25, 0.3) is 0 Å². The predicted molar refractivity (Wildman–Crippen MR) is 125 cm³/mol. The molecule has 0 amide bonds. The summed E-state index contributed by atoms with van der Waals surface area (Å²) < 4.78 is 20.9. The van der Waals surface area contributed by atoms with Gasteiger partial charge in [-0.25, -0.2) is 0 Å². The standard InChI is InChI=1S/C25H37NO8/c1-7-21(27)33-19-11-10-18(13-20(19)34-22(28)8-2)15-25(26,24(30)31-6)14-17(5)32-23(29)12-9-16(3)4/h10-11,13,16-17H,7-9,12,14-15,26H2,1-6H3/t17?,25-/m1/s1. The van der Waals surface area contributed by atoms with Gasteiger partial charge in [-0.05, 0) is 37.0 Å². The molecular weight excluding hydrogens is 442 g/mol. The van der Waals surface area contributed by atoms with E-state index in [1.165, 1.54) is 19.2 Å². The van der Waals surface area contributed by atoms with Crippen molar-refractivity contribution in [3.63, 3.8) is 0 Å². The minimum absolute atomic E-state index is 0.00619. The maximum atomic E-state index is 12.6. The van der Waals surface area contributed by atoms with E-state index in [-0.39, 0.29) is 49.6 Å². The van der Waals surface area contributed by atoms with E-state index >= 15 is 0 Å². The van der Waals surface area contributed by atoms with Crippen molar-refractivity contribution in [3.8, 4) is 11.5 Å². The highest BCUT2D eigenvalue weighted by atomic mass is 16.6. The molecule has 0 spiro atoms. The molecule has 0 bridgehead atoms. The first-order valence-electron chi connectivity index (χ1n) is 11.5. The second kappa shape index (κ2) is 13.7. The van der Waals surface area contributed by atoms with E-state index < -0.39 is 29.6 Å². The molecule has 1 aromatic rings. The smallest absolute Gasteiger partial charge is 0.326 e. The molecule has 190 valence electrons. The van der Waals surface area contributed by atoms with Crippen LogP contribution < -0.4 is 15.2 Å². The highest BCUT2D eigenvalue weighted by Gasteiger charge is 2.38. The summed E-state index contributed by atoms with van der Waals surface area (Å²) in [6.45, 7) is 8.97. The van der Waals surface area contributed by atoms with Gasteiger partial charge in [0.15, 0.2) is 11.5 Å². The topological polar surface area (TPSA) is 131 Å². The predicted octanol–water partition coefficient (Wildman–Crippen LogP) is 3.49. The zero-order valence-electron chi connectivity index (χ0n) is 21.0. The summed E-state index contributed by atoms with van der Waals surface area (Å²) in [5, 5.41) is 0. The van der Waals surface area contributed by atoms with E-state index in [2.05, 4.69) is 0 Å². The molecule has 0 aliphatic heterocycles. The Kier molecular flexibility index (Phi) is 11.7. The number of benzene rings is 1. The number of hydrogen-bond donors (Lipinski definition) is 1. The number of rotatable bonds is 13. The summed E-state index contributed by atoms with van der Waals surface area (Å²) in [6.07, 6.45) is 0.632. The number of methoxy groups -OCH3 is 1. The number of hydrogen-bond acceptors (Lipinski definition) is 9.